The molecule has 1 aromatic rings. The summed E-state index contributed by atoms with van der Waals surface area (Å²) < 4.78 is 0. The van der Waals surface area contributed by atoms with Crippen LogP contribution in [0.4, 0.5) is 5.95 Å². The zero-order chi connectivity index (χ0) is 16.4. The van der Waals surface area contributed by atoms with Gasteiger partial charge in [0, 0.05) is 31.9 Å². The number of nitrogens with zero attached hydrogens (tertiary/aromatic N) is 4. The molecule has 1 amide bonds. The van der Waals surface area contributed by atoms with Crippen LogP contribution in [0.15, 0.2) is 6.07 Å². The van der Waals surface area contributed by atoms with Crippen molar-refractivity contribution >= 4 is 11.9 Å². The van der Waals surface area contributed by atoms with Crippen LogP contribution in [-0.4, -0.2) is 47.0 Å². The molecule has 3 rings (SSSR count). The van der Waals surface area contributed by atoms with Gasteiger partial charge >= 0.3 is 0 Å². The van der Waals surface area contributed by atoms with E-state index in [4.69, 9.17) is 4.98 Å². The molecule has 0 spiro atoms. The van der Waals surface area contributed by atoms with Gasteiger partial charge in [-0.2, -0.15) is 0 Å². The predicted molar refractivity (Wildman–Crippen MR) is 91.9 cm³/mol. The number of rotatable bonds is 3. The van der Waals surface area contributed by atoms with Crippen molar-refractivity contribution in [3.63, 3.8) is 0 Å². The van der Waals surface area contributed by atoms with Crippen LogP contribution in [0.25, 0.3) is 0 Å². The number of carbonyl (C=O) groups is 1. The van der Waals surface area contributed by atoms with Crippen molar-refractivity contribution in [2.45, 2.75) is 52.4 Å². The third-order valence-corrected chi connectivity index (χ3v) is 4.88. The van der Waals surface area contributed by atoms with Gasteiger partial charge in [-0.05, 0) is 43.6 Å². The van der Waals surface area contributed by atoms with Crippen LogP contribution in [-0.2, 0) is 0 Å². The first-order chi connectivity index (χ1) is 11.0. The molecule has 0 radical (unpaired) electrons. The molecule has 0 aliphatic carbocycles. The van der Waals surface area contributed by atoms with Crippen molar-refractivity contribution in [2.24, 2.45) is 5.92 Å². The highest BCUT2D eigenvalue weighted by molar-refractivity contribution is 5.92. The maximum absolute atomic E-state index is 12.9. The first kappa shape index (κ1) is 16.2. The van der Waals surface area contributed by atoms with E-state index >= 15 is 0 Å². The van der Waals surface area contributed by atoms with E-state index in [2.05, 4.69) is 30.7 Å². The van der Waals surface area contributed by atoms with Gasteiger partial charge in [-0.3, -0.25) is 4.79 Å². The fraction of sp³-hybridized carbons (Fsp3) is 0.722. The summed E-state index contributed by atoms with van der Waals surface area (Å²) in [5.74, 6) is 1.69. The average Bonchev–Trinajstić information content (AvgIpc) is 3.08. The summed E-state index contributed by atoms with van der Waals surface area (Å²) in [6.07, 6.45) is 4.67. The first-order valence-electron chi connectivity index (χ1n) is 8.98. The number of anilines is 1. The fourth-order valence-corrected chi connectivity index (χ4v) is 3.45. The second-order valence-electron chi connectivity index (χ2n) is 7.33. The van der Waals surface area contributed by atoms with Crippen LogP contribution in [0, 0.1) is 5.92 Å². The summed E-state index contributed by atoms with van der Waals surface area (Å²) >= 11 is 0. The van der Waals surface area contributed by atoms with Crippen molar-refractivity contribution in [3.8, 4) is 0 Å². The Morgan fingerprint density at radius 1 is 1.17 bits per heavy atom. The van der Waals surface area contributed by atoms with Gasteiger partial charge in [0.25, 0.3) is 5.91 Å². The molecule has 2 aliphatic heterocycles. The molecule has 0 unspecified atom stereocenters. The van der Waals surface area contributed by atoms with Crippen molar-refractivity contribution in [1.29, 1.82) is 0 Å². The van der Waals surface area contributed by atoms with Crippen LogP contribution < -0.4 is 4.90 Å². The van der Waals surface area contributed by atoms with Crippen LogP contribution in [0.3, 0.4) is 0 Å². The Balaban J connectivity index is 1.88. The van der Waals surface area contributed by atoms with E-state index in [9.17, 15) is 4.79 Å². The van der Waals surface area contributed by atoms with E-state index in [1.54, 1.807) is 0 Å². The maximum Gasteiger partial charge on any atom is 0.272 e. The first-order valence-corrected chi connectivity index (χ1v) is 8.98. The normalized spacial score (nSPS) is 22.0. The zero-order valence-electron chi connectivity index (χ0n) is 14.6. The molecule has 0 aromatic carbocycles. The molecule has 2 saturated heterocycles. The number of hydrogen-bond acceptors (Lipinski definition) is 4. The number of aromatic nitrogens is 2. The molecule has 23 heavy (non-hydrogen) atoms. The van der Waals surface area contributed by atoms with Gasteiger partial charge in [0.1, 0.15) is 5.69 Å². The Labute approximate surface area is 139 Å². The molecule has 1 aromatic heterocycles. The third kappa shape index (κ3) is 3.65. The lowest BCUT2D eigenvalue weighted by atomic mass is 10.00. The Morgan fingerprint density at radius 2 is 1.91 bits per heavy atom. The Bertz CT molecular complexity index is 566. The predicted octanol–water partition coefficient (Wildman–Crippen LogP) is 3.07. The smallest absolute Gasteiger partial charge is 0.272 e. The second-order valence-corrected chi connectivity index (χ2v) is 7.33. The van der Waals surface area contributed by atoms with E-state index in [1.165, 1.54) is 19.3 Å². The average molecular weight is 316 g/mol. The topological polar surface area (TPSA) is 49.3 Å². The van der Waals surface area contributed by atoms with Gasteiger partial charge in [0.05, 0.1) is 0 Å². The minimum absolute atomic E-state index is 0.0706. The quantitative estimate of drug-likeness (QED) is 0.860. The zero-order valence-corrected chi connectivity index (χ0v) is 14.6. The Morgan fingerprint density at radius 3 is 2.57 bits per heavy atom. The number of carbonyl (C=O) groups excluding carboxylic acids is 1. The van der Waals surface area contributed by atoms with E-state index in [0.717, 1.165) is 44.2 Å². The Hall–Kier alpha value is -1.65. The van der Waals surface area contributed by atoms with Gasteiger partial charge in [0.15, 0.2) is 0 Å². The monoisotopic (exact) mass is 316 g/mol. The van der Waals surface area contributed by atoms with E-state index in [-0.39, 0.29) is 5.91 Å². The number of likely N-dealkylation sites (tertiary alicyclic amines) is 1. The molecule has 5 nitrogen and oxygen atoms in total. The molecule has 3 heterocycles. The number of hydrogen-bond donors (Lipinski definition) is 0. The summed E-state index contributed by atoms with van der Waals surface area (Å²) in [7, 11) is 0. The molecule has 0 bridgehead atoms. The van der Waals surface area contributed by atoms with Crippen LogP contribution in [0.2, 0.25) is 0 Å². The summed E-state index contributed by atoms with van der Waals surface area (Å²) in [4.78, 5) is 26.4. The van der Waals surface area contributed by atoms with Crippen molar-refractivity contribution < 1.29 is 4.79 Å². The maximum atomic E-state index is 12.9. The van der Waals surface area contributed by atoms with Crippen LogP contribution in [0.5, 0.6) is 0 Å². The summed E-state index contributed by atoms with van der Waals surface area (Å²) in [5.41, 5.74) is 1.54. The largest absolute Gasteiger partial charge is 0.341 e. The van der Waals surface area contributed by atoms with Gasteiger partial charge < -0.3 is 9.80 Å². The third-order valence-electron chi connectivity index (χ3n) is 4.88. The molecule has 126 valence electrons. The highest BCUT2D eigenvalue weighted by atomic mass is 16.2. The van der Waals surface area contributed by atoms with Gasteiger partial charge in [-0.15, -0.1) is 0 Å². The standard InChI is InChI=1S/C18H28N4O/c1-13(2)15-11-16(17(23)22-10-6-7-14(3)12-22)20-18(19-15)21-8-4-5-9-21/h11,13-14H,4-10,12H2,1-3H3/t14-/m1/s1. The molecular weight excluding hydrogens is 288 g/mol. The van der Waals surface area contributed by atoms with Gasteiger partial charge in [-0.25, -0.2) is 9.97 Å². The van der Waals surface area contributed by atoms with E-state index in [1.807, 2.05) is 11.0 Å². The lowest BCUT2D eigenvalue weighted by molar-refractivity contribution is 0.0677. The summed E-state index contributed by atoms with van der Waals surface area (Å²) in [5, 5.41) is 0. The highest BCUT2D eigenvalue weighted by Gasteiger charge is 2.25. The fourth-order valence-electron chi connectivity index (χ4n) is 3.45. The van der Waals surface area contributed by atoms with Crippen molar-refractivity contribution in [1.82, 2.24) is 14.9 Å². The van der Waals surface area contributed by atoms with E-state index < -0.39 is 0 Å². The Kier molecular flexibility index (Phi) is 4.83. The number of piperidine rings is 1. The molecule has 5 heteroatoms. The minimum Gasteiger partial charge on any atom is -0.341 e. The molecular formula is C18H28N4O. The molecule has 2 aliphatic rings. The highest BCUT2D eigenvalue weighted by Crippen LogP contribution is 2.23. The van der Waals surface area contributed by atoms with Gasteiger partial charge in [0.2, 0.25) is 5.95 Å². The molecule has 1 atom stereocenters. The van der Waals surface area contributed by atoms with Gasteiger partial charge in [-0.1, -0.05) is 20.8 Å². The van der Waals surface area contributed by atoms with Crippen molar-refractivity contribution in [2.75, 3.05) is 31.1 Å². The van der Waals surface area contributed by atoms with Crippen LogP contribution in [0.1, 0.15) is 68.6 Å². The number of amides is 1. The van der Waals surface area contributed by atoms with Crippen LogP contribution >= 0.6 is 0 Å². The minimum atomic E-state index is 0.0706. The summed E-state index contributed by atoms with van der Waals surface area (Å²) in [6, 6.07) is 1.89. The second kappa shape index (κ2) is 6.85. The van der Waals surface area contributed by atoms with E-state index in [0.29, 0.717) is 17.5 Å². The molecule has 2 fully saturated rings. The lowest BCUT2D eigenvalue weighted by Crippen LogP contribution is -2.39. The SMILES string of the molecule is CC(C)c1cc(C(=O)N2CCC[C@@H](C)C2)nc(N2CCCC2)n1. The van der Waals surface area contributed by atoms with Crippen molar-refractivity contribution in [3.05, 3.63) is 17.5 Å². The molecule has 0 N–H and O–H groups in total. The lowest BCUT2D eigenvalue weighted by Gasteiger charge is -2.31. The molecule has 0 saturated carbocycles. The summed E-state index contributed by atoms with van der Waals surface area (Å²) in [6.45, 7) is 10.1.